The zero-order valence-electron chi connectivity index (χ0n) is 18.1. The van der Waals surface area contributed by atoms with E-state index >= 15 is 0 Å². The van der Waals surface area contributed by atoms with E-state index in [1.807, 2.05) is 6.26 Å². The van der Waals surface area contributed by atoms with Gasteiger partial charge < -0.3 is 9.64 Å². The van der Waals surface area contributed by atoms with E-state index in [0.29, 0.717) is 29.5 Å². The van der Waals surface area contributed by atoms with Crippen LogP contribution in [0.2, 0.25) is 5.02 Å². The van der Waals surface area contributed by atoms with Crippen LogP contribution >= 0.6 is 23.4 Å². The number of hydrogen-bond donors (Lipinski definition) is 1. The minimum atomic E-state index is -4.07. The third-order valence-corrected chi connectivity index (χ3v) is 7.90. The third-order valence-electron chi connectivity index (χ3n) is 5.41. The fourth-order valence-electron chi connectivity index (χ4n) is 3.46. The predicted molar refractivity (Wildman–Crippen MR) is 126 cm³/mol. The first-order valence-electron chi connectivity index (χ1n) is 10.0. The summed E-state index contributed by atoms with van der Waals surface area (Å²) in [5.74, 6) is -0.223. The summed E-state index contributed by atoms with van der Waals surface area (Å²) in [5.41, 5.74) is 0.549. The SMILES string of the molecule is COC(=O)c1ccc(Cl)c(NS(=O)(=O)c2ccc(SC)c(C(=O)N3CCC(C)CC3)c2)c1. The van der Waals surface area contributed by atoms with Crippen molar-refractivity contribution in [1.82, 2.24) is 4.90 Å². The van der Waals surface area contributed by atoms with Crippen LogP contribution in [0.25, 0.3) is 0 Å². The van der Waals surface area contributed by atoms with Crippen LogP contribution < -0.4 is 4.72 Å². The van der Waals surface area contributed by atoms with Crippen LogP contribution in [0.5, 0.6) is 0 Å². The van der Waals surface area contributed by atoms with E-state index in [-0.39, 0.29) is 27.1 Å². The molecule has 0 bridgehead atoms. The van der Waals surface area contributed by atoms with Crippen molar-refractivity contribution in [2.45, 2.75) is 29.6 Å². The Morgan fingerprint density at radius 1 is 1.16 bits per heavy atom. The first-order valence-corrected chi connectivity index (χ1v) is 13.1. The smallest absolute Gasteiger partial charge is 0.337 e. The molecule has 3 rings (SSSR count). The molecule has 0 aromatic heterocycles. The number of likely N-dealkylation sites (tertiary alicyclic amines) is 1. The number of amides is 1. The molecule has 1 amide bonds. The van der Waals surface area contributed by atoms with Crippen molar-refractivity contribution in [3.8, 4) is 0 Å². The molecule has 32 heavy (non-hydrogen) atoms. The van der Waals surface area contributed by atoms with E-state index in [1.165, 1.54) is 49.2 Å². The average Bonchev–Trinajstić information content (AvgIpc) is 2.79. The van der Waals surface area contributed by atoms with Gasteiger partial charge >= 0.3 is 5.97 Å². The summed E-state index contributed by atoms with van der Waals surface area (Å²) in [6.07, 6.45) is 3.69. The second-order valence-corrected chi connectivity index (χ2v) is 10.6. The quantitative estimate of drug-likeness (QED) is 0.467. The van der Waals surface area contributed by atoms with Gasteiger partial charge in [-0.3, -0.25) is 9.52 Å². The molecule has 0 saturated carbocycles. The molecule has 7 nitrogen and oxygen atoms in total. The van der Waals surface area contributed by atoms with Crippen LogP contribution in [-0.2, 0) is 14.8 Å². The second kappa shape index (κ2) is 10.1. The topological polar surface area (TPSA) is 92.8 Å². The standard InChI is InChI=1S/C22H25ClN2O5S2/c1-14-8-10-25(11-9-14)21(26)17-13-16(5-7-20(17)31-3)32(28,29)24-19-12-15(22(27)30-2)4-6-18(19)23/h4-7,12-14,24H,8-11H2,1-3H3. The van der Waals surface area contributed by atoms with Crippen LogP contribution in [0.4, 0.5) is 5.69 Å². The van der Waals surface area contributed by atoms with Crippen LogP contribution in [0, 0.1) is 5.92 Å². The maximum Gasteiger partial charge on any atom is 0.337 e. The Hall–Kier alpha value is -2.23. The van der Waals surface area contributed by atoms with Gasteiger partial charge in [0.15, 0.2) is 0 Å². The Bertz CT molecular complexity index is 1130. The molecule has 172 valence electrons. The minimum absolute atomic E-state index is 0.0430. The lowest BCUT2D eigenvalue weighted by Crippen LogP contribution is -2.38. The van der Waals surface area contributed by atoms with Crippen molar-refractivity contribution < 1.29 is 22.7 Å². The number of nitrogens with one attached hydrogen (secondary N) is 1. The monoisotopic (exact) mass is 496 g/mol. The molecule has 1 heterocycles. The summed E-state index contributed by atoms with van der Waals surface area (Å²) in [5, 5.41) is 0.126. The van der Waals surface area contributed by atoms with Crippen molar-refractivity contribution in [1.29, 1.82) is 0 Å². The number of sulfonamides is 1. The van der Waals surface area contributed by atoms with Gasteiger partial charge in [-0.15, -0.1) is 11.8 Å². The molecule has 0 unspecified atom stereocenters. The van der Waals surface area contributed by atoms with Gasteiger partial charge in [0.05, 0.1) is 33.8 Å². The highest BCUT2D eigenvalue weighted by Crippen LogP contribution is 2.30. The molecule has 10 heteroatoms. The maximum absolute atomic E-state index is 13.2. The number of carbonyl (C=O) groups excluding carboxylic acids is 2. The normalized spacial score (nSPS) is 14.8. The van der Waals surface area contributed by atoms with Gasteiger partial charge in [-0.05, 0) is 61.4 Å². The number of methoxy groups -OCH3 is 1. The lowest BCUT2D eigenvalue weighted by Gasteiger charge is -2.30. The lowest BCUT2D eigenvalue weighted by molar-refractivity contribution is 0.0600. The number of hydrogen-bond acceptors (Lipinski definition) is 6. The summed E-state index contributed by atoms with van der Waals surface area (Å²) >= 11 is 7.52. The second-order valence-electron chi connectivity index (χ2n) is 7.63. The first kappa shape index (κ1) is 24.4. The van der Waals surface area contributed by atoms with Gasteiger partial charge in [-0.25, -0.2) is 13.2 Å². The number of ether oxygens (including phenoxy) is 1. The molecule has 2 aromatic carbocycles. The summed E-state index contributed by atoms with van der Waals surface area (Å²) in [4.78, 5) is 27.4. The van der Waals surface area contributed by atoms with Gasteiger partial charge in [0.1, 0.15) is 0 Å². The summed E-state index contributed by atoms with van der Waals surface area (Å²) in [6, 6.07) is 8.63. The van der Waals surface area contributed by atoms with Crippen molar-refractivity contribution in [3.63, 3.8) is 0 Å². The van der Waals surface area contributed by atoms with Crippen molar-refractivity contribution >= 4 is 50.9 Å². The number of rotatable bonds is 6. The number of benzene rings is 2. The Labute approximate surface area is 197 Å². The van der Waals surface area contributed by atoms with E-state index in [0.717, 1.165) is 12.8 Å². The van der Waals surface area contributed by atoms with Gasteiger partial charge in [-0.1, -0.05) is 18.5 Å². The number of piperidine rings is 1. The molecule has 0 atom stereocenters. The lowest BCUT2D eigenvalue weighted by atomic mass is 9.98. The van der Waals surface area contributed by atoms with Gasteiger partial charge in [0.25, 0.3) is 15.9 Å². The molecule has 0 radical (unpaired) electrons. The Kier molecular flexibility index (Phi) is 7.74. The minimum Gasteiger partial charge on any atom is -0.465 e. The van der Waals surface area contributed by atoms with Crippen LogP contribution in [0.3, 0.4) is 0 Å². The fraction of sp³-hybridized carbons (Fsp3) is 0.364. The summed E-state index contributed by atoms with van der Waals surface area (Å²) in [7, 11) is -2.84. The Morgan fingerprint density at radius 3 is 2.47 bits per heavy atom. The Morgan fingerprint density at radius 2 is 1.84 bits per heavy atom. The first-order chi connectivity index (χ1) is 15.2. The third kappa shape index (κ3) is 5.39. The van der Waals surface area contributed by atoms with Crippen molar-refractivity contribution in [2.75, 3.05) is 31.2 Å². The number of thioether (sulfide) groups is 1. The zero-order chi connectivity index (χ0) is 23.5. The highest BCUT2D eigenvalue weighted by Gasteiger charge is 2.26. The summed E-state index contributed by atoms with van der Waals surface area (Å²) < 4.78 is 33.2. The number of esters is 1. The van der Waals surface area contributed by atoms with E-state index in [1.54, 1.807) is 11.0 Å². The molecular formula is C22H25ClN2O5S2. The highest BCUT2D eigenvalue weighted by molar-refractivity contribution is 7.98. The molecule has 1 N–H and O–H groups in total. The van der Waals surface area contributed by atoms with Crippen LogP contribution in [0.1, 0.15) is 40.5 Å². The number of halogens is 1. The van der Waals surface area contributed by atoms with Crippen molar-refractivity contribution in [2.24, 2.45) is 5.92 Å². The molecule has 1 saturated heterocycles. The van der Waals surface area contributed by atoms with Gasteiger partial charge in [-0.2, -0.15) is 0 Å². The molecular weight excluding hydrogens is 472 g/mol. The molecule has 0 spiro atoms. The molecule has 1 aliphatic heterocycles. The van der Waals surface area contributed by atoms with E-state index < -0.39 is 16.0 Å². The van der Waals surface area contributed by atoms with Crippen LogP contribution in [0.15, 0.2) is 46.2 Å². The number of anilines is 1. The van der Waals surface area contributed by atoms with E-state index in [9.17, 15) is 18.0 Å². The van der Waals surface area contributed by atoms with E-state index in [4.69, 9.17) is 11.6 Å². The Balaban J connectivity index is 1.93. The molecule has 1 aliphatic rings. The zero-order valence-corrected chi connectivity index (χ0v) is 20.4. The van der Waals surface area contributed by atoms with Crippen molar-refractivity contribution in [3.05, 3.63) is 52.5 Å². The summed E-state index contributed by atoms with van der Waals surface area (Å²) in [6.45, 7) is 3.46. The molecule has 2 aromatic rings. The molecule has 0 aliphatic carbocycles. The van der Waals surface area contributed by atoms with Gasteiger partial charge in [0, 0.05) is 18.0 Å². The predicted octanol–water partition coefficient (Wildman–Crippen LogP) is 4.52. The van der Waals surface area contributed by atoms with Crippen LogP contribution in [-0.4, -0.2) is 51.6 Å². The molecule has 1 fully saturated rings. The largest absolute Gasteiger partial charge is 0.465 e. The van der Waals surface area contributed by atoms with Gasteiger partial charge in [0.2, 0.25) is 0 Å². The van der Waals surface area contributed by atoms with E-state index in [2.05, 4.69) is 16.4 Å². The number of nitrogens with zero attached hydrogens (tertiary/aromatic N) is 1. The highest BCUT2D eigenvalue weighted by atomic mass is 35.5. The fourth-order valence-corrected chi connectivity index (χ4v) is 5.34. The number of carbonyl (C=O) groups is 2. The average molecular weight is 497 g/mol. The maximum atomic E-state index is 13.2.